The van der Waals surface area contributed by atoms with Gasteiger partial charge in [0.2, 0.25) is 0 Å². The Kier molecular flexibility index (Phi) is 4.57. The van der Waals surface area contributed by atoms with Gasteiger partial charge in [-0.3, -0.25) is 0 Å². The number of hydrogen-bond donors (Lipinski definition) is 1. The van der Waals surface area contributed by atoms with Crippen molar-refractivity contribution in [2.75, 3.05) is 0 Å². The first-order valence-corrected chi connectivity index (χ1v) is 7.89. The highest BCUT2D eigenvalue weighted by atomic mass is 14.8. The third-order valence-electron chi connectivity index (χ3n) is 3.77. The normalized spacial score (nSPS) is 12.4. The van der Waals surface area contributed by atoms with Gasteiger partial charge >= 0.3 is 0 Å². The largest absolute Gasteiger partial charge is 0.402 e. The van der Waals surface area contributed by atoms with Gasteiger partial charge in [-0.15, -0.1) is 0 Å². The third kappa shape index (κ3) is 3.61. The highest BCUT2D eigenvalue weighted by Gasteiger charge is 2.05. The molecule has 2 N–H and O–H groups in total. The zero-order chi connectivity index (χ0) is 16.9. The Morgan fingerprint density at radius 2 is 1.54 bits per heavy atom. The Morgan fingerprint density at radius 1 is 0.875 bits per heavy atom. The van der Waals surface area contributed by atoms with Gasteiger partial charge in [-0.1, -0.05) is 73.3 Å². The zero-order valence-electron chi connectivity index (χ0n) is 13.7. The van der Waals surface area contributed by atoms with Crippen LogP contribution in [0.15, 0.2) is 96.1 Å². The van der Waals surface area contributed by atoms with Crippen molar-refractivity contribution in [3.05, 3.63) is 102 Å². The van der Waals surface area contributed by atoms with E-state index in [-0.39, 0.29) is 0 Å². The Hall–Kier alpha value is -3.13. The predicted molar refractivity (Wildman–Crippen MR) is 104 cm³/mol. The highest BCUT2D eigenvalue weighted by molar-refractivity contribution is 6.12. The van der Waals surface area contributed by atoms with Crippen LogP contribution < -0.4 is 5.73 Å². The molecular weight excluding hydrogens is 292 g/mol. The lowest BCUT2D eigenvalue weighted by atomic mass is 10.0. The Balaban J connectivity index is 2.07. The molecule has 0 aliphatic rings. The van der Waals surface area contributed by atoms with Crippen LogP contribution in [-0.2, 0) is 0 Å². The van der Waals surface area contributed by atoms with Gasteiger partial charge in [0.05, 0.1) is 11.4 Å². The van der Waals surface area contributed by atoms with Gasteiger partial charge in [0.15, 0.2) is 0 Å². The van der Waals surface area contributed by atoms with Gasteiger partial charge in [-0.25, -0.2) is 4.99 Å². The summed E-state index contributed by atoms with van der Waals surface area (Å²) in [4.78, 5) is 4.73. The molecule has 0 radical (unpaired) electrons. The average Bonchev–Trinajstić information content (AvgIpc) is 2.61. The van der Waals surface area contributed by atoms with Gasteiger partial charge < -0.3 is 5.73 Å². The maximum absolute atomic E-state index is 5.91. The van der Waals surface area contributed by atoms with E-state index in [1.54, 1.807) is 0 Å². The van der Waals surface area contributed by atoms with Crippen LogP contribution in [0.3, 0.4) is 0 Å². The summed E-state index contributed by atoms with van der Waals surface area (Å²) in [5.74, 6) is 0. The molecule has 0 fully saturated rings. The topological polar surface area (TPSA) is 38.4 Å². The van der Waals surface area contributed by atoms with Gasteiger partial charge in [0.1, 0.15) is 0 Å². The molecule has 118 valence electrons. The van der Waals surface area contributed by atoms with Crippen LogP contribution in [0.25, 0.3) is 16.5 Å². The van der Waals surface area contributed by atoms with Gasteiger partial charge in [0, 0.05) is 11.3 Å². The number of benzene rings is 3. The molecule has 0 saturated carbocycles. The van der Waals surface area contributed by atoms with E-state index in [0.717, 1.165) is 22.5 Å². The number of rotatable bonds is 4. The fourth-order valence-electron chi connectivity index (χ4n) is 2.58. The van der Waals surface area contributed by atoms with Gasteiger partial charge in [-0.2, -0.15) is 0 Å². The summed E-state index contributed by atoms with van der Waals surface area (Å²) in [5, 5.41) is 2.38. The molecular formula is C22H20N2. The first kappa shape index (κ1) is 15.8. The molecule has 2 heteroatoms. The Bertz CT molecular complexity index is 930. The van der Waals surface area contributed by atoms with Crippen molar-refractivity contribution >= 4 is 22.2 Å². The summed E-state index contributed by atoms with van der Waals surface area (Å²) in [6.07, 6.45) is 1.89. The van der Waals surface area contributed by atoms with Crippen LogP contribution in [-0.4, -0.2) is 5.71 Å². The molecule has 0 bridgehead atoms. The van der Waals surface area contributed by atoms with Crippen LogP contribution >= 0.6 is 0 Å². The van der Waals surface area contributed by atoms with Gasteiger partial charge in [-0.05, 0) is 35.4 Å². The van der Waals surface area contributed by atoms with Crippen molar-refractivity contribution in [3.8, 4) is 0 Å². The molecule has 0 aromatic heterocycles. The van der Waals surface area contributed by atoms with E-state index in [2.05, 4.69) is 36.9 Å². The number of fused-ring (bicyclic) bond motifs is 1. The standard InChI is InChI=1S/C22H20N2/c1-16(23)14-22(24-17(2)18-8-4-3-5-9-18)21-13-12-19-10-6-7-11-20(19)15-21/h3-15H,2,23H2,1H3/b16-14-,24-22?. The molecule has 24 heavy (non-hydrogen) atoms. The molecule has 2 nitrogen and oxygen atoms in total. The maximum atomic E-state index is 5.91. The smallest absolute Gasteiger partial charge is 0.0726 e. The first-order chi connectivity index (χ1) is 11.6. The fraction of sp³-hybridized carbons (Fsp3) is 0.0455. The predicted octanol–water partition coefficient (Wildman–Crippen LogP) is 5.16. The fourth-order valence-corrected chi connectivity index (χ4v) is 2.58. The first-order valence-electron chi connectivity index (χ1n) is 7.89. The van der Waals surface area contributed by atoms with Crippen molar-refractivity contribution in [2.24, 2.45) is 10.7 Å². The molecule has 0 aliphatic carbocycles. The molecule has 0 heterocycles. The molecule has 0 atom stereocenters. The van der Waals surface area contributed by atoms with Crippen molar-refractivity contribution < 1.29 is 0 Å². The quantitative estimate of drug-likeness (QED) is 0.664. The second-order valence-corrected chi connectivity index (χ2v) is 5.76. The molecule has 0 saturated heterocycles. The van der Waals surface area contributed by atoms with Crippen molar-refractivity contribution in [2.45, 2.75) is 6.92 Å². The lowest BCUT2D eigenvalue weighted by Crippen LogP contribution is -2.02. The second-order valence-electron chi connectivity index (χ2n) is 5.76. The monoisotopic (exact) mass is 312 g/mol. The van der Waals surface area contributed by atoms with Crippen molar-refractivity contribution in [1.29, 1.82) is 0 Å². The van der Waals surface area contributed by atoms with E-state index < -0.39 is 0 Å². The molecule has 3 rings (SSSR count). The second kappa shape index (κ2) is 6.97. The summed E-state index contributed by atoms with van der Waals surface area (Å²) in [6.45, 7) is 5.97. The number of allylic oxidation sites excluding steroid dienone is 2. The highest BCUT2D eigenvalue weighted by Crippen LogP contribution is 2.20. The minimum absolute atomic E-state index is 0.711. The van der Waals surface area contributed by atoms with Crippen molar-refractivity contribution in [3.63, 3.8) is 0 Å². The third-order valence-corrected chi connectivity index (χ3v) is 3.77. The molecule has 0 amide bonds. The lowest BCUT2D eigenvalue weighted by Gasteiger charge is -2.07. The molecule has 3 aromatic rings. The van der Waals surface area contributed by atoms with E-state index in [1.165, 1.54) is 10.8 Å². The summed E-state index contributed by atoms with van der Waals surface area (Å²) in [6, 6.07) is 24.5. The van der Waals surface area contributed by atoms with E-state index in [1.807, 2.05) is 55.5 Å². The molecule has 0 aliphatic heterocycles. The number of aliphatic imine (C=N–C) groups is 1. The Morgan fingerprint density at radius 3 is 2.25 bits per heavy atom. The molecule has 0 spiro atoms. The molecule has 0 unspecified atom stereocenters. The average molecular weight is 312 g/mol. The van der Waals surface area contributed by atoms with Crippen LogP contribution in [0.1, 0.15) is 18.1 Å². The maximum Gasteiger partial charge on any atom is 0.0726 e. The summed E-state index contributed by atoms with van der Waals surface area (Å²) in [7, 11) is 0. The summed E-state index contributed by atoms with van der Waals surface area (Å²) >= 11 is 0. The van der Waals surface area contributed by atoms with Crippen LogP contribution in [0.2, 0.25) is 0 Å². The summed E-state index contributed by atoms with van der Waals surface area (Å²) < 4.78 is 0. The van der Waals surface area contributed by atoms with E-state index in [0.29, 0.717) is 5.70 Å². The lowest BCUT2D eigenvalue weighted by molar-refractivity contribution is 1.32. The van der Waals surface area contributed by atoms with Gasteiger partial charge in [0.25, 0.3) is 0 Å². The Labute approximate surface area is 142 Å². The van der Waals surface area contributed by atoms with E-state index in [9.17, 15) is 0 Å². The minimum Gasteiger partial charge on any atom is -0.402 e. The van der Waals surface area contributed by atoms with Crippen LogP contribution in [0.4, 0.5) is 0 Å². The van der Waals surface area contributed by atoms with Crippen LogP contribution in [0, 0.1) is 0 Å². The van der Waals surface area contributed by atoms with Crippen molar-refractivity contribution in [1.82, 2.24) is 0 Å². The zero-order valence-corrected chi connectivity index (χ0v) is 13.7. The number of nitrogens with two attached hydrogens (primary N) is 1. The minimum atomic E-state index is 0.711. The summed E-state index contributed by atoms with van der Waals surface area (Å²) in [5.41, 5.74) is 10.2. The van der Waals surface area contributed by atoms with E-state index in [4.69, 9.17) is 10.7 Å². The SMILES string of the molecule is C=C(N=C(/C=C(/C)N)c1ccc2ccccc2c1)c1ccccc1. The van der Waals surface area contributed by atoms with E-state index >= 15 is 0 Å². The number of nitrogens with zero attached hydrogens (tertiary/aromatic N) is 1. The molecule has 3 aromatic carbocycles. The number of hydrogen-bond acceptors (Lipinski definition) is 2. The van der Waals surface area contributed by atoms with Crippen LogP contribution in [0.5, 0.6) is 0 Å².